The van der Waals surface area contributed by atoms with Crippen LogP contribution in [0.15, 0.2) is 47.8 Å². The number of aromatic nitrogens is 1. The highest BCUT2D eigenvalue weighted by Gasteiger charge is 2.35. The first kappa shape index (κ1) is 17.4. The van der Waals surface area contributed by atoms with Crippen molar-refractivity contribution in [2.45, 2.75) is 18.6 Å². The fraction of sp³-hybridized carbons (Fsp3) is 0.211. The molecule has 3 aromatic rings. The van der Waals surface area contributed by atoms with Gasteiger partial charge in [-0.3, -0.25) is 0 Å². The van der Waals surface area contributed by atoms with E-state index in [4.69, 9.17) is 11.6 Å². The maximum Gasteiger partial charge on any atom is 0.186 e. The molecule has 1 fully saturated rings. The first-order chi connectivity index (χ1) is 12.5. The Morgan fingerprint density at radius 2 is 2.00 bits per heavy atom. The van der Waals surface area contributed by atoms with Gasteiger partial charge in [0.15, 0.2) is 5.13 Å². The molecule has 1 saturated heterocycles. The van der Waals surface area contributed by atoms with Gasteiger partial charge in [-0.25, -0.2) is 13.8 Å². The van der Waals surface area contributed by atoms with E-state index in [1.54, 1.807) is 6.07 Å². The zero-order valence-electron chi connectivity index (χ0n) is 13.6. The van der Waals surface area contributed by atoms with Crippen LogP contribution in [0.1, 0.15) is 18.0 Å². The Morgan fingerprint density at radius 3 is 2.81 bits per heavy atom. The van der Waals surface area contributed by atoms with Crippen LogP contribution in [-0.4, -0.2) is 22.7 Å². The molecule has 0 bridgehead atoms. The zero-order chi connectivity index (χ0) is 18.3. The molecule has 0 aliphatic carbocycles. The Hall–Kier alpha value is -2.02. The number of nitrogens with zero attached hydrogens (tertiary/aromatic N) is 2. The van der Waals surface area contributed by atoms with Crippen LogP contribution in [0.5, 0.6) is 0 Å². The number of hydrogen-bond donors (Lipinski definition) is 1. The van der Waals surface area contributed by atoms with Crippen LogP contribution in [0, 0.1) is 11.6 Å². The maximum atomic E-state index is 14.3. The molecular formula is C19H15ClF2N2OS. The fourth-order valence-electron chi connectivity index (χ4n) is 3.28. The van der Waals surface area contributed by atoms with Gasteiger partial charge < -0.3 is 10.0 Å². The molecule has 26 heavy (non-hydrogen) atoms. The summed E-state index contributed by atoms with van der Waals surface area (Å²) in [5.41, 5.74) is 1.76. The lowest BCUT2D eigenvalue weighted by atomic mass is 10.0. The second-order valence-corrected chi connectivity index (χ2v) is 7.46. The lowest BCUT2D eigenvalue weighted by molar-refractivity contribution is 0.194. The Labute approximate surface area is 158 Å². The lowest BCUT2D eigenvalue weighted by Gasteiger charge is -2.24. The van der Waals surface area contributed by atoms with Gasteiger partial charge in [0, 0.05) is 28.1 Å². The van der Waals surface area contributed by atoms with Crippen molar-refractivity contribution in [3.05, 3.63) is 70.1 Å². The van der Waals surface area contributed by atoms with Crippen LogP contribution in [0.2, 0.25) is 5.02 Å². The van der Waals surface area contributed by atoms with Crippen molar-refractivity contribution in [3.8, 4) is 11.3 Å². The Morgan fingerprint density at radius 1 is 1.19 bits per heavy atom. The van der Waals surface area contributed by atoms with E-state index in [1.807, 2.05) is 28.5 Å². The molecule has 2 aromatic carbocycles. The Balaban J connectivity index is 1.70. The monoisotopic (exact) mass is 392 g/mol. The smallest absolute Gasteiger partial charge is 0.186 e. The van der Waals surface area contributed by atoms with Gasteiger partial charge in [0.25, 0.3) is 0 Å². The van der Waals surface area contributed by atoms with Gasteiger partial charge in [0.2, 0.25) is 0 Å². The van der Waals surface area contributed by atoms with Crippen LogP contribution in [0.4, 0.5) is 13.9 Å². The summed E-state index contributed by atoms with van der Waals surface area (Å²) in [5.74, 6) is -0.989. The van der Waals surface area contributed by atoms with Crippen molar-refractivity contribution in [1.82, 2.24) is 4.98 Å². The average molecular weight is 393 g/mol. The first-order valence-corrected chi connectivity index (χ1v) is 9.39. The number of aliphatic hydroxyl groups excluding tert-OH is 1. The van der Waals surface area contributed by atoms with Gasteiger partial charge in [0.05, 0.1) is 17.8 Å². The molecule has 2 atom stereocenters. The van der Waals surface area contributed by atoms with Crippen molar-refractivity contribution in [1.29, 1.82) is 0 Å². The highest BCUT2D eigenvalue weighted by molar-refractivity contribution is 7.14. The lowest BCUT2D eigenvalue weighted by Crippen LogP contribution is -2.24. The molecule has 0 saturated carbocycles. The number of aliphatic hydroxyl groups is 1. The van der Waals surface area contributed by atoms with E-state index >= 15 is 0 Å². The second-order valence-electron chi connectivity index (χ2n) is 6.22. The van der Waals surface area contributed by atoms with E-state index in [1.165, 1.54) is 17.4 Å². The number of hydrogen-bond acceptors (Lipinski definition) is 4. The molecule has 2 heterocycles. The minimum atomic E-state index is -0.629. The number of benzene rings is 2. The molecule has 2 unspecified atom stereocenters. The molecule has 0 spiro atoms. The van der Waals surface area contributed by atoms with E-state index in [0.29, 0.717) is 23.1 Å². The number of halogens is 3. The van der Waals surface area contributed by atoms with Gasteiger partial charge in [-0.15, -0.1) is 11.3 Å². The van der Waals surface area contributed by atoms with Crippen molar-refractivity contribution in [3.63, 3.8) is 0 Å². The molecule has 4 rings (SSSR count). The van der Waals surface area contributed by atoms with Crippen LogP contribution in [-0.2, 0) is 0 Å². The molecule has 1 aliphatic rings. The number of rotatable bonds is 3. The number of anilines is 1. The average Bonchev–Trinajstić information content (AvgIpc) is 3.24. The summed E-state index contributed by atoms with van der Waals surface area (Å²) in [5, 5.41) is 13.2. The van der Waals surface area contributed by atoms with E-state index in [2.05, 4.69) is 4.98 Å². The van der Waals surface area contributed by atoms with Crippen LogP contribution in [0.25, 0.3) is 11.3 Å². The Bertz CT molecular complexity index is 949. The molecule has 7 heteroatoms. The standard InChI is InChI=1S/C19H15ClF2N2OS/c20-15-4-2-1-3-13(15)17-10-26-19(23-17)24-9-12(25)8-18(24)14-7-11(21)5-6-16(14)22/h1-7,10,12,18,25H,8-9H2. The largest absolute Gasteiger partial charge is 0.391 e. The molecular weight excluding hydrogens is 378 g/mol. The third-order valence-corrected chi connectivity index (χ3v) is 5.69. The zero-order valence-corrected chi connectivity index (χ0v) is 15.1. The summed E-state index contributed by atoms with van der Waals surface area (Å²) >= 11 is 7.62. The second kappa shape index (κ2) is 6.95. The molecule has 1 aliphatic heterocycles. The van der Waals surface area contributed by atoms with Crippen LogP contribution < -0.4 is 4.90 Å². The maximum absolute atomic E-state index is 14.3. The highest BCUT2D eigenvalue weighted by atomic mass is 35.5. The first-order valence-electron chi connectivity index (χ1n) is 8.13. The normalized spacial score (nSPS) is 19.9. The highest BCUT2D eigenvalue weighted by Crippen LogP contribution is 2.40. The van der Waals surface area contributed by atoms with Gasteiger partial charge in [-0.05, 0) is 30.7 Å². The summed E-state index contributed by atoms with van der Waals surface area (Å²) in [6.45, 7) is 0.316. The van der Waals surface area contributed by atoms with E-state index < -0.39 is 23.8 Å². The third-order valence-electron chi connectivity index (χ3n) is 4.48. The Kier molecular flexibility index (Phi) is 4.65. The molecule has 3 nitrogen and oxygen atoms in total. The van der Waals surface area contributed by atoms with Crippen molar-refractivity contribution in [2.24, 2.45) is 0 Å². The SMILES string of the molecule is OC1CC(c2cc(F)ccc2F)N(c2nc(-c3ccccc3Cl)cs2)C1. The topological polar surface area (TPSA) is 36.4 Å². The summed E-state index contributed by atoms with van der Waals surface area (Å²) in [7, 11) is 0. The summed E-state index contributed by atoms with van der Waals surface area (Å²) in [6, 6.07) is 10.3. The minimum Gasteiger partial charge on any atom is -0.391 e. The quantitative estimate of drug-likeness (QED) is 0.677. The van der Waals surface area contributed by atoms with E-state index in [0.717, 1.165) is 23.4 Å². The predicted molar refractivity (Wildman–Crippen MR) is 99.6 cm³/mol. The van der Waals surface area contributed by atoms with E-state index in [-0.39, 0.29) is 5.56 Å². The predicted octanol–water partition coefficient (Wildman–Crippen LogP) is 5.05. The fourth-order valence-corrected chi connectivity index (χ4v) is 4.40. The summed E-state index contributed by atoms with van der Waals surface area (Å²) < 4.78 is 27.9. The molecule has 1 N–H and O–H groups in total. The number of thiazole rings is 1. The number of β-amino-alcohol motifs (C(OH)–C–C–N with tert-alkyl or cyclic N) is 1. The summed E-state index contributed by atoms with van der Waals surface area (Å²) in [6.07, 6.45) is -0.309. The summed E-state index contributed by atoms with van der Waals surface area (Å²) in [4.78, 5) is 6.45. The van der Waals surface area contributed by atoms with Gasteiger partial charge in [-0.1, -0.05) is 29.8 Å². The molecule has 0 amide bonds. The molecule has 134 valence electrons. The minimum absolute atomic E-state index is 0.232. The van der Waals surface area contributed by atoms with Crippen molar-refractivity contribution in [2.75, 3.05) is 11.4 Å². The van der Waals surface area contributed by atoms with Crippen LogP contribution >= 0.6 is 22.9 Å². The van der Waals surface area contributed by atoms with Gasteiger partial charge in [0.1, 0.15) is 11.6 Å². The van der Waals surface area contributed by atoms with Crippen molar-refractivity contribution < 1.29 is 13.9 Å². The third kappa shape index (κ3) is 3.20. The van der Waals surface area contributed by atoms with Gasteiger partial charge >= 0.3 is 0 Å². The van der Waals surface area contributed by atoms with Crippen LogP contribution in [0.3, 0.4) is 0 Å². The van der Waals surface area contributed by atoms with Crippen molar-refractivity contribution >= 4 is 28.1 Å². The van der Waals surface area contributed by atoms with Gasteiger partial charge in [-0.2, -0.15) is 0 Å². The molecule has 0 radical (unpaired) electrons. The van der Waals surface area contributed by atoms with E-state index in [9.17, 15) is 13.9 Å². The molecule has 1 aromatic heterocycles.